The quantitative estimate of drug-likeness (QED) is 0.766. The smallest absolute Gasteiger partial charge is 0.384 e. The van der Waals surface area contributed by atoms with Gasteiger partial charge in [-0.1, -0.05) is 24.3 Å². The second-order valence-electron chi connectivity index (χ2n) is 4.75. The van der Waals surface area contributed by atoms with Gasteiger partial charge in [0.25, 0.3) is 0 Å². The largest absolute Gasteiger partial charge is 0.418 e. The average molecular weight is 387 g/mol. The number of anilines is 2. The number of hydrogen-bond acceptors (Lipinski definition) is 2. The van der Waals surface area contributed by atoms with Crippen molar-refractivity contribution in [2.75, 3.05) is 17.2 Å². The van der Waals surface area contributed by atoms with Crippen LogP contribution in [-0.4, -0.2) is 12.5 Å². The third-order valence-electron chi connectivity index (χ3n) is 3.05. The maximum absolute atomic E-state index is 12.8. The number of benzene rings is 2. The number of carbonyl (C=O) groups is 1. The van der Waals surface area contributed by atoms with Crippen LogP contribution in [0.5, 0.6) is 0 Å². The van der Waals surface area contributed by atoms with Crippen LogP contribution >= 0.6 is 15.9 Å². The molecule has 0 saturated carbocycles. The van der Waals surface area contributed by atoms with Gasteiger partial charge in [-0.25, -0.2) is 0 Å². The Labute approximate surface area is 140 Å². The van der Waals surface area contributed by atoms with E-state index in [2.05, 4.69) is 26.6 Å². The second-order valence-corrected chi connectivity index (χ2v) is 5.60. The fourth-order valence-electron chi connectivity index (χ4n) is 1.97. The van der Waals surface area contributed by atoms with Crippen molar-refractivity contribution in [3.63, 3.8) is 0 Å². The van der Waals surface area contributed by atoms with Gasteiger partial charge in [0.05, 0.1) is 11.3 Å². The van der Waals surface area contributed by atoms with Gasteiger partial charge in [0.1, 0.15) is 0 Å². The molecule has 0 aliphatic carbocycles. The van der Waals surface area contributed by atoms with E-state index in [1.54, 1.807) is 18.2 Å². The maximum Gasteiger partial charge on any atom is 0.418 e. The Morgan fingerprint density at radius 3 is 2.26 bits per heavy atom. The second kappa shape index (κ2) is 7.50. The van der Waals surface area contributed by atoms with E-state index in [-0.39, 0.29) is 24.6 Å². The number of hydrogen-bond donors (Lipinski definition) is 2. The van der Waals surface area contributed by atoms with Crippen LogP contribution in [0.4, 0.5) is 24.5 Å². The molecule has 2 N–H and O–H groups in total. The number of nitrogens with one attached hydrogen (secondary N) is 2. The van der Waals surface area contributed by atoms with E-state index in [1.807, 2.05) is 6.07 Å². The number of alkyl halides is 3. The minimum Gasteiger partial charge on any atom is -0.384 e. The summed E-state index contributed by atoms with van der Waals surface area (Å²) < 4.78 is 39.3. The van der Waals surface area contributed by atoms with Gasteiger partial charge >= 0.3 is 6.18 Å². The molecule has 0 bridgehead atoms. The van der Waals surface area contributed by atoms with Gasteiger partial charge < -0.3 is 10.6 Å². The molecule has 3 nitrogen and oxygen atoms in total. The molecule has 0 aliphatic rings. The lowest BCUT2D eigenvalue weighted by Gasteiger charge is -2.14. The van der Waals surface area contributed by atoms with Crippen LogP contribution in [0.2, 0.25) is 0 Å². The highest BCUT2D eigenvalue weighted by atomic mass is 79.9. The first kappa shape index (κ1) is 17.3. The van der Waals surface area contributed by atoms with Gasteiger partial charge in [0.15, 0.2) is 0 Å². The molecule has 23 heavy (non-hydrogen) atoms. The molecule has 0 radical (unpaired) electrons. The first-order valence-electron chi connectivity index (χ1n) is 6.82. The Morgan fingerprint density at radius 1 is 1.00 bits per heavy atom. The summed E-state index contributed by atoms with van der Waals surface area (Å²) in [6, 6.07) is 12.3. The van der Waals surface area contributed by atoms with E-state index in [1.165, 1.54) is 18.2 Å². The summed E-state index contributed by atoms with van der Waals surface area (Å²) in [5.41, 5.74) is -0.159. The molecule has 0 atom stereocenters. The first-order chi connectivity index (χ1) is 10.9. The van der Waals surface area contributed by atoms with Crippen molar-refractivity contribution in [1.29, 1.82) is 0 Å². The van der Waals surface area contributed by atoms with Crippen LogP contribution in [0.15, 0.2) is 53.0 Å². The molecule has 0 unspecified atom stereocenters. The predicted octanol–water partition coefficient (Wildman–Crippen LogP) is 4.91. The van der Waals surface area contributed by atoms with Crippen molar-refractivity contribution in [2.24, 2.45) is 0 Å². The maximum atomic E-state index is 12.8. The number of rotatable bonds is 5. The average Bonchev–Trinajstić information content (AvgIpc) is 2.49. The molecule has 0 spiro atoms. The minimum absolute atomic E-state index is 0.0336. The topological polar surface area (TPSA) is 41.1 Å². The van der Waals surface area contributed by atoms with Gasteiger partial charge in [-0.05, 0) is 40.2 Å². The molecule has 0 fully saturated rings. The van der Waals surface area contributed by atoms with Crippen molar-refractivity contribution < 1.29 is 18.0 Å². The highest BCUT2D eigenvalue weighted by Crippen LogP contribution is 2.34. The normalized spacial score (nSPS) is 11.1. The van der Waals surface area contributed by atoms with E-state index >= 15 is 0 Å². The summed E-state index contributed by atoms with van der Waals surface area (Å²) in [6.45, 7) is 0.101. The molecule has 0 aliphatic heterocycles. The number of halogens is 4. The Morgan fingerprint density at radius 2 is 1.61 bits per heavy atom. The summed E-state index contributed by atoms with van der Waals surface area (Å²) in [7, 11) is 0. The standard InChI is InChI=1S/C16H14BrF3N2O/c17-12-6-2-4-8-14(12)22-15(23)9-10-21-13-7-3-1-5-11(13)16(18,19)20/h1-8,21H,9-10H2,(H,22,23). The van der Waals surface area contributed by atoms with Gasteiger partial charge in [0, 0.05) is 23.1 Å². The van der Waals surface area contributed by atoms with Crippen molar-refractivity contribution in [1.82, 2.24) is 0 Å². The van der Waals surface area contributed by atoms with E-state index in [0.29, 0.717) is 5.69 Å². The van der Waals surface area contributed by atoms with Crippen LogP contribution in [0, 0.1) is 0 Å². The highest BCUT2D eigenvalue weighted by molar-refractivity contribution is 9.10. The summed E-state index contributed by atoms with van der Waals surface area (Å²) >= 11 is 3.31. The summed E-state index contributed by atoms with van der Waals surface area (Å²) in [5.74, 6) is -0.283. The number of carbonyl (C=O) groups excluding carboxylic acids is 1. The van der Waals surface area contributed by atoms with Crippen LogP contribution in [0.3, 0.4) is 0 Å². The lowest BCUT2D eigenvalue weighted by atomic mass is 10.1. The van der Waals surface area contributed by atoms with Crippen LogP contribution in [-0.2, 0) is 11.0 Å². The Kier molecular flexibility index (Phi) is 5.65. The van der Waals surface area contributed by atoms with E-state index in [0.717, 1.165) is 10.5 Å². The zero-order valence-corrected chi connectivity index (χ0v) is 13.5. The Balaban J connectivity index is 1.91. The van der Waals surface area contributed by atoms with Crippen LogP contribution in [0.25, 0.3) is 0 Å². The van der Waals surface area contributed by atoms with Gasteiger partial charge in [-0.2, -0.15) is 13.2 Å². The molecule has 2 aromatic rings. The number of amides is 1. The molecular weight excluding hydrogens is 373 g/mol. The van der Waals surface area contributed by atoms with Gasteiger partial charge in [0.2, 0.25) is 5.91 Å². The third kappa shape index (κ3) is 4.99. The van der Waals surface area contributed by atoms with Gasteiger partial charge in [-0.3, -0.25) is 4.79 Å². The molecule has 1 amide bonds. The summed E-state index contributed by atoms with van der Waals surface area (Å²) in [6.07, 6.45) is -4.38. The lowest BCUT2D eigenvalue weighted by Crippen LogP contribution is -2.18. The van der Waals surface area contributed by atoms with Crippen LogP contribution < -0.4 is 10.6 Å². The van der Waals surface area contributed by atoms with Crippen molar-refractivity contribution in [3.8, 4) is 0 Å². The molecule has 7 heteroatoms. The molecule has 0 aromatic heterocycles. The molecule has 0 heterocycles. The predicted molar refractivity (Wildman–Crippen MR) is 87.3 cm³/mol. The number of para-hydroxylation sites is 2. The third-order valence-corrected chi connectivity index (χ3v) is 3.74. The minimum atomic E-state index is -4.43. The van der Waals surface area contributed by atoms with Crippen molar-refractivity contribution >= 4 is 33.2 Å². The fourth-order valence-corrected chi connectivity index (χ4v) is 2.35. The zero-order chi connectivity index (χ0) is 16.9. The monoisotopic (exact) mass is 386 g/mol. The molecule has 122 valence electrons. The zero-order valence-electron chi connectivity index (χ0n) is 12.0. The van der Waals surface area contributed by atoms with E-state index in [4.69, 9.17) is 0 Å². The Bertz CT molecular complexity index is 689. The van der Waals surface area contributed by atoms with Gasteiger partial charge in [-0.15, -0.1) is 0 Å². The van der Waals surface area contributed by atoms with Crippen molar-refractivity contribution in [2.45, 2.75) is 12.6 Å². The summed E-state index contributed by atoms with van der Waals surface area (Å²) in [4.78, 5) is 11.8. The molecule has 0 saturated heterocycles. The SMILES string of the molecule is O=C(CCNc1ccccc1C(F)(F)F)Nc1ccccc1Br. The highest BCUT2D eigenvalue weighted by Gasteiger charge is 2.32. The van der Waals surface area contributed by atoms with Crippen molar-refractivity contribution in [3.05, 3.63) is 58.6 Å². The lowest BCUT2D eigenvalue weighted by molar-refractivity contribution is -0.137. The first-order valence-corrected chi connectivity index (χ1v) is 7.61. The van der Waals surface area contributed by atoms with Crippen LogP contribution in [0.1, 0.15) is 12.0 Å². The van der Waals surface area contributed by atoms with E-state index in [9.17, 15) is 18.0 Å². The molecule has 2 aromatic carbocycles. The fraction of sp³-hybridized carbons (Fsp3) is 0.188. The Hall–Kier alpha value is -2.02. The van der Waals surface area contributed by atoms with E-state index < -0.39 is 11.7 Å². The molecule has 2 rings (SSSR count). The molecular formula is C16H14BrF3N2O. The summed E-state index contributed by atoms with van der Waals surface area (Å²) in [5, 5.41) is 5.35.